The van der Waals surface area contributed by atoms with Crippen LogP contribution in [0.3, 0.4) is 0 Å². The molecule has 1 unspecified atom stereocenters. The van der Waals surface area contributed by atoms with Gasteiger partial charge in [-0.3, -0.25) is 4.98 Å². The van der Waals surface area contributed by atoms with Gasteiger partial charge < -0.3 is 15.2 Å². The fourth-order valence-electron chi connectivity index (χ4n) is 1.44. The molecule has 1 rings (SSSR count). The average Bonchev–Trinajstić information content (AvgIpc) is 2.29. The van der Waals surface area contributed by atoms with Crippen LogP contribution >= 0.6 is 0 Å². The SMILES string of the molecule is CCCNCC(C)(O)c1cncc(OC)c1. The van der Waals surface area contributed by atoms with Gasteiger partial charge in [0.1, 0.15) is 11.4 Å². The van der Waals surface area contributed by atoms with Crippen LogP contribution in [0, 0.1) is 0 Å². The first-order valence-electron chi connectivity index (χ1n) is 5.52. The number of rotatable bonds is 6. The smallest absolute Gasteiger partial charge is 0.137 e. The molecule has 0 amide bonds. The van der Waals surface area contributed by atoms with E-state index in [0.29, 0.717) is 12.3 Å². The predicted octanol–water partition coefficient (Wildman–Crippen LogP) is 1.30. The van der Waals surface area contributed by atoms with E-state index in [9.17, 15) is 5.11 Å². The molecule has 0 saturated carbocycles. The van der Waals surface area contributed by atoms with Gasteiger partial charge in [0.2, 0.25) is 0 Å². The predicted molar refractivity (Wildman–Crippen MR) is 63.5 cm³/mol. The lowest BCUT2D eigenvalue weighted by Gasteiger charge is -2.24. The van der Waals surface area contributed by atoms with Crippen molar-refractivity contribution in [2.24, 2.45) is 0 Å². The maximum Gasteiger partial charge on any atom is 0.137 e. The van der Waals surface area contributed by atoms with Gasteiger partial charge in [0.15, 0.2) is 0 Å². The molecule has 0 bridgehead atoms. The molecule has 0 spiro atoms. The van der Waals surface area contributed by atoms with Crippen LogP contribution in [-0.4, -0.2) is 30.3 Å². The molecular weight excluding hydrogens is 204 g/mol. The highest BCUT2D eigenvalue weighted by molar-refractivity contribution is 5.27. The van der Waals surface area contributed by atoms with Crippen LogP contribution in [0.15, 0.2) is 18.5 Å². The number of aromatic nitrogens is 1. The van der Waals surface area contributed by atoms with Crippen LogP contribution in [0.2, 0.25) is 0 Å². The Balaban J connectivity index is 2.72. The van der Waals surface area contributed by atoms with Crippen molar-refractivity contribution in [2.45, 2.75) is 25.9 Å². The number of nitrogens with one attached hydrogen (secondary N) is 1. The van der Waals surface area contributed by atoms with Gasteiger partial charge in [-0.25, -0.2) is 0 Å². The molecule has 1 atom stereocenters. The van der Waals surface area contributed by atoms with Crippen molar-refractivity contribution in [1.82, 2.24) is 10.3 Å². The summed E-state index contributed by atoms with van der Waals surface area (Å²) in [6.07, 6.45) is 4.33. The lowest BCUT2D eigenvalue weighted by molar-refractivity contribution is 0.0566. The Kier molecular flexibility index (Phi) is 4.71. The molecule has 1 aromatic rings. The van der Waals surface area contributed by atoms with Gasteiger partial charge in [-0.1, -0.05) is 6.92 Å². The number of hydrogen-bond acceptors (Lipinski definition) is 4. The van der Waals surface area contributed by atoms with Crippen molar-refractivity contribution >= 4 is 0 Å². The largest absolute Gasteiger partial charge is 0.495 e. The summed E-state index contributed by atoms with van der Waals surface area (Å²) in [5.74, 6) is 0.660. The number of ether oxygens (including phenoxy) is 1. The average molecular weight is 224 g/mol. The third-order valence-electron chi connectivity index (χ3n) is 2.47. The van der Waals surface area contributed by atoms with Crippen LogP contribution in [0.1, 0.15) is 25.8 Å². The van der Waals surface area contributed by atoms with E-state index in [1.165, 1.54) is 0 Å². The highest BCUT2D eigenvalue weighted by atomic mass is 16.5. The first kappa shape index (κ1) is 12.9. The summed E-state index contributed by atoms with van der Waals surface area (Å²) in [5, 5.41) is 13.5. The summed E-state index contributed by atoms with van der Waals surface area (Å²) in [5.41, 5.74) is -0.160. The third-order valence-corrected chi connectivity index (χ3v) is 2.47. The van der Waals surface area contributed by atoms with E-state index in [1.54, 1.807) is 32.5 Å². The Labute approximate surface area is 96.7 Å². The Morgan fingerprint density at radius 1 is 1.50 bits per heavy atom. The molecule has 1 heterocycles. The Hall–Kier alpha value is -1.13. The maximum absolute atomic E-state index is 10.3. The molecular formula is C12H20N2O2. The van der Waals surface area contributed by atoms with Gasteiger partial charge in [-0.15, -0.1) is 0 Å². The summed E-state index contributed by atoms with van der Waals surface area (Å²) < 4.78 is 5.08. The maximum atomic E-state index is 10.3. The van der Waals surface area contributed by atoms with Gasteiger partial charge >= 0.3 is 0 Å². The number of hydrogen-bond donors (Lipinski definition) is 2. The second kappa shape index (κ2) is 5.82. The minimum absolute atomic E-state index is 0.510. The second-order valence-electron chi connectivity index (χ2n) is 4.06. The standard InChI is InChI=1S/C12H20N2O2/c1-4-5-13-9-12(2,15)10-6-11(16-3)8-14-7-10/h6-8,13,15H,4-5,9H2,1-3H3. The first-order chi connectivity index (χ1) is 7.60. The molecule has 90 valence electrons. The summed E-state index contributed by atoms with van der Waals surface area (Å²) >= 11 is 0. The van der Waals surface area contributed by atoms with E-state index >= 15 is 0 Å². The van der Waals surface area contributed by atoms with Gasteiger partial charge in [0.05, 0.1) is 13.3 Å². The van der Waals surface area contributed by atoms with Crippen molar-refractivity contribution in [2.75, 3.05) is 20.2 Å². The normalized spacial score (nSPS) is 14.5. The van der Waals surface area contributed by atoms with Gasteiger partial charge in [0, 0.05) is 18.3 Å². The minimum Gasteiger partial charge on any atom is -0.495 e. The van der Waals surface area contributed by atoms with Crippen LogP contribution < -0.4 is 10.1 Å². The number of pyridine rings is 1. The monoisotopic (exact) mass is 224 g/mol. The molecule has 0 aromatic carbocycles. The lowest BCUT2D eigenvalue weighted by Crippen LogP contribution is -2.35. The highest BCUT2D eigenvalue weighted by Gasteiger charge is 2.23. The van der Waals surface area contributed by atoms with Crippen molar-refractivity contribution < 1.29 is 9.84 Å². The van der Waals surface area contributed by atoms with Crippen LogP contribution in [0.25, 0.3) is 0 Å². The quantitative estimate of drug-likeness (QED) is 0.715. The fourth-order valence-corrected chi connectivity index (χ4v) is 1.44. The molecule has 4 nitrogen and oxygen atoms in total. The van der Waals surface area contributed by atoms with E-state index in [2.05, 4.69) is 17.2 Å². The fraction of sp³-hybridized carbons (Fsp3) is 0.583. The molecule has 0 aliphatic rings. The molecule has 16 heavy (non-hydrogen) atoms. The van der Waals surface area contributed by atoms with E-state index in [0.717, 1.165) is 18.5 Å². The summed E-state index contributed by atoms with van der Waals surface area (Å²) in [7, 11) is 1.59. The van der Waals surface area contributed by atoms with E-state index < -0.39 is 5.60 Å². The van der Waals surface area contributed by atoms with Crippen LogP contribution in [-0.2, 0) is 5.60 Å². The number of aliphatic hydroxyl groups is 1. The van der Waals surface area contributed by atoms with Crippen LogP contribution in [0.4, 0.5) is 0 Å². The van der Waals surface area contributed by atoms with E-state index in [1.807, 2.05) is 0 Å². The molecule has 0 fully saturated rings. The minimum atomic E-state index is -0.920. The van der Waals surface area contributed by atoms with Gasteiger partial charge in [-0.2, -0.15) is 0 Å². The molecule has 2 N–H and O–H groups in total. The molecule has 0 aliphatic carbocycles. The number of nitrogens with zero attached hydrogens (tertiary/aromatic N) is 1. The van der Waals surface area contributed by atoms with E-state index in [-0.39, 0.29) is 0 Å². The second-order valence-corrected chi connectivity index (χ2v) is 4.06. The zero-order valence-electron chi connectivity index (χ0n) is 10.2. The Morgan fingerprint density at radius 3 is 2.88 bits per heavy atom. The van der Waals surface area contributed by atoms with Crippen LogP contribution in [0.5, 0.6) is 5.75 Å². The first-order valence-corrected chi connectivity index (χ1v) is 5.52. The summed E-state index contributed by atoms with van der Waals surface area (Å²) in [6.45, 7) is 5.27. The Bertz CT molecular complexity index is 327. The molecule has 1 aromatic heterocycles. The van der Waals surface area contributed by atoms with Gasteiger partial charge in [-0.05, 0) is 26.0 Å². The zero-order chi connectivity index (χ0) is 12.0. The Morgan fingerprint density at radius 2 is 2.25 bits per heavy atom. The molecule has 0 aliphatic heterocycles. The highest BCUT2D eigenvalue weighted by Crippen LogP contribution is 2.22. The summed E-state index contributed by atoms with van der Waals surface area (Å²) in [6, 6.07) is 1.81. The zero-order valence-corrected chi connectivity index (χ0v) is 10.2. The lowest BCUT2D eigenvalue weighted by atomic mass is 9.97. The van der Waals surface area contributed by atoms with Gasteiger partial charge in [0.25, 0.3) is 0 Å². The molecule has 0 saturated heterocycles. The topological polar surface area (TPSA) is 54.4 Å². The van der Waals surface area contributed by atoms with Crippen molar-refractivity contribution in [3.8, 4) is 5.75 Å². The molecule has 0 radical (unpaired) electrons. The number of methoxy groups -OCH3 is 1. The summed E-state index contributed by atoms with van der Waals surface area (Å²) in [4.78, 5) is 4.04. The van der Waals surface area contributed by atoms with E-state index in [4.69, 9.17) is 4.74 Å². The third kappa shape index (κ3) is 3.47. The van der Waals surface area contributed by atoms with Crippen molar-refractivity contribution in [1.29, 1.82) is 0 Å². The van der Waals surface area contributed by atoms with Crippen molar-refractivity contribution in [3.05, 3.63) is 24.0 Å². The van der Waals surface area contributed by atoms with Crippen molar-refractivity contribution in [3.63, 3.8) is 0 Å². The molecule has 4 heteroatoms.